The summed E-state index contributed by atoms with van der Waals surface area (Å²) in [6, 6.07) is 65.5. The molecule has 8 aromatic carbocycles. The number of fused-ring (bicyclic) bond motifs is 10. The summed E-state index contributed by atoms with van der Waals surface area (Å²) in [5.74, 6) is 1.88. The first kappa shape index (κ1) is 31.5. The highest BCUT2D eigenvalue weighted by Crippen LogP contribution is 2.43. The smallest absolute Gasteiger partial charge is 0.164 e. The Hall–Kier alpha value is -7.83. The van der Waals surface area contributed by atoms with Gasteiger partial charge in [-0.3, -0.25) is 0 Å². The van der Waals surface area contributed by atoms with Gasteiger partial charge in [-0.25, -0.2) is 15.0 Å². The number of nitrogens with zero attached hydrogens (tertiary/aromatic N) is 5. The predicted molar refractivity (Wildman–Crippen MR) is 232 cm³/mol. The molecule has 0 spiro atoms. The third kappa shape index (κ3) is 4.87. The molecular weight excluding hydrogens is 699 g/mol. The molecule has 0 saturated heterocycles. The molecule has 0 unspecified atom stereocenters. The number of rotatable bonds is 5. The molecule has 6 heteroatoms. The molecule has 12 aromatic rings. The van der Waals surface area contributed by atoms with Crippen molar-refractivity contribution in [3.8, 4) is 45.5 Å². The fourth-order valence-corrected chi connectivity index (χ4v) is 8.59. The summed E-state index contributed by atoms with van der Waals surface area (Å²) in [6.45, 7) is 0. The highest BCUT2D eigenvalue weighted by Gasteiger charge is 2.21. The molecule has 266 valence electrons. The van der Waals surface area contributed by atoms with Gasteiger partial charge in [0.05, 0.1) is 27.5 Å². The summed E-state index contributed by atoms with van der Waals surface area (Å²) < 4.78 is 11.5. The van der Waals surface area contributed by atoms with Crippen molar-refractivity contribution in [3.63, 3.8) is 0 Å². The number of benzene rings is 8. The Balaban J connectivity index is 1.09. The molecule has 0 aliphatic rings. The van der Waals surface area contributed by atoms with Crippen LogP contribution in [0.25, 0.3) is 111 Å². The Morgan fingerprint density at radius 1 is 0.333 bits per heavy atom. The second-order valence-electron chi connectivity index (χ2n) is 14.4. The lowest BCUT2D eigenvalue weighted by atomic mass is 10.1. The Morgan fingerprint density at radius 2 is 0.877 bits per heavy atom. The molecule has 0 bridgehead atoms. The topological polar surface area (TPSA) is 61.7 Å². The van der Waals surface area contributed by atoms with Gasteiger partial charge in [0.15, 0.2) is 17.5 Å². The minimum Gasteiger partial charge on any atom is -0.455 e. The molecule has 12 rings (SSSR count). The zero-order valence-electron chi connectivity index (χ0n) is 30.5. The zero-order chi connectivity index (χ0) is 37.5. The number of para-hydroxylation sites is 3. The van der Waals surface area contributed by atoms with Crippen LogP contribution in [0.1, 0.15) is 0 Å². The number of aromatic nitrogens is 5. The zero-order valence-corrected chi connectivity index (χ0v) is 30.5. The summed E-state index contributed by atoms with van der Waals surface area (Å²) in [6.07, 6.45) is 0. The first-order valence-electron chi connectivity index (χ1n) is 19.1. The van der Waals surface area contributed by atoms with Crippen LogP contribution in [0.4, 0.5) is 0 Å². The van der Waals surface area contributed by atoms with Gasteiger partial charge in [0.2, 0.25) is 0 Å². The van der Waals surface area contributed by atoms with Crippen molar-refractivity contribution in [2.24, 2.45) is 0 Å². The van der Waals surface area contributed by atoms with Crippen molar-refractivity contribution >= 4 is 65.6 Å². The van der Waals surface area contributed by atoms with Crippen LogP contribution in [0, 0.1) is 0 Å². The van der Waals surface area contributed by atoms with Crippen LogP contribution in [0.2, 0.25) is 0 Å². The van der Waals surface area contributed by atoms with Gasteiger partial charge in [0, 0.05) is 55.0 Å². The van der Waals surface area contributed by atoms with Gasteiger partial charge < -0.3 is 13.6 Å². The molecule has 0 radical (unpaired) electrons. The monoisotopic (exact) mass is 729 g/mol. The molecule has 0 atom stereocenters. The first-order chi connectivity index (χ1) is 28.3. The Morgan fingerprint density at radius 3 is 1.53 bits per heavy atom. The highest BCUT2D eigenvalue weighted by atomic mass is 16.3. The van der Waals surface area contributed by atoms with Crippen LogP contribution in [0.3, 0.4) is 0 Å². The van der Waals surface area contributed by atoms with E-state index in [1.807, 2.05) is 60.7 Å². The number of hydrogen-bond acceptors (Lipinski definition) is 4. The van der Waals surface area contributed by atoms with E-state index < -0.39 is 0 Å². The molecule has 4 heterocycles. The lowest BCUT2D eigenvalue weighted by Gasteiger charge is -2.10. The molecule has 0 aliphatic carbocycles. The van der Waals surface area contributed by atoms with Gasteiger partial charge in [-0.2, -0.15) is 0 Å². The van der Waals surface area contributed by atoms with E-state index in [4.69, 9.17) is 19.4 Å². The normalized spacial score (nSPS) is 11.9. The van der Waals surface area contributed by atoms with E-state index in [2.05, 4.69) is 137 Å². The number of hydrogen-bond donors (Lipinski definition) is 0. The van der Waals surface area contributed by atoms with E-state index >= 15 is 0 Å². The molecule has 0 fully saturated rings. The quantitative estimate of drug-likeness (QED) is 0.177. The van der Waals surface area contributed by atoms with Gasteiger partial charge in [0.25, 0.3) is 0 Å². The van der Waals surface area contributed by atoms with Crippen molar-refractivity contribution in [2.45, 2.75) is 0 Å². The predicted octanol–water partition coefficient (Wildman–Crippen LogP) is 13.0. The van der Waals surface area contributed by atoms with Gasteiger partial charge in [-0.1, -0.05) is 127 Å². The summed E-state index contributed by atoms with van der Waals surface area (Å²) in [4.78, 5) is 15.0. The van der Waals surface area contributed by atoms with E-state index in [1.165, 1.54) is 21.8 Å². The molecule has 0 N–H and O–H groups in total. The molecular formula is C51H31N5O. The lowest BCUT2D eigenvalue weighted by molar-refractivity contribution is 0.673. The molecule has 0 saturated carbocycles. The van der Waals surface area contributed by atoms with Crippen molar-refractivity contribution in [3.05, 3.63) is 188 Å². The van der Waals surface area contributed by atoms with Crippen LogP contribution in [-0.2, 0) is 0 Å². The fourth-order valence-electron chi connectivity index (χ4n) is 8.59. The van der Waals surface area contributed by atoms with Gasteiger partial charge >= 0.3 is 0 Å². The van der Waals surface area contributed by atoms with Crippen molar-refractivity contribution in [1.82, 2.24) is 24.1 Å². The molecule has 57 heavy (non-hydrogen) atoms. The van der Waals surface area contributed by atoms with Gasteiger partial charge in [-0.05, 0) is 60.7 Å². The minimum atomic E-state index is 0.612. The maximum absolute atomic E-state index is 6.86. The third-order valence-corrected chi connectivity index (χ3v) is 11.2. The molecule has 0 aliphatic heterocycles. The van der Waals surface area contributed by atoms with E-state index in [-0.39, 0.29) is 0 Å². The van der Waals surface area contributed by atoms with Crippen LogP contribution in [-0.4, -0.2) is 24.1 Å². The Bertz CT molecular complexity index is 3400. The van der Waals surface area contributed by atoms with Crippen molar-refractivity contribution in [1.29, 1.82) is 0 Å². The Kier molecular flexibility index (Phi) is 6.83. The maximum Gasteiger partial charge on any atom is 0.164 e. The SMILES string of the molecule is c1ccc(-c2nc(-c3ccccc3)nc(-c3ccc4c5c6oc7ccc(-n8c9ccccc9c9ccccc98)cc7c6ccc5n(-c5ccccc5)c4c3)n2)cc1. The van der Waals surface area contributed by atoms with E-state index in [9.17, 15) is 0 Å². The van der Waals surface area contributed by atoms with Crippen LogP contribution >= 0.6 is 0 Å². The lowest BCUT2D eigenvalue weighted by Crippen LogP contribution is -2.00. The summed E-state index contributed by atoms with van der Waals surface area (Å²) in [5.41, 5.74) is 11.1. The summed E-state index contributed by atoms with van der Waals surface area (Å²) in [7, 11) is 0. The minimum absolute atomic E-state index is 0.612. The van der Waals surface area contributed by atoms with Gasteiger partial charge in [0.1, 0.15) is 11.2 Å². The second kappa shape index (κ2) is 12.3. The van der Waals surface area contributed by atoms with E-state index in [1.54, 1.807) is 0 Å². The average Bonchev–Trinajstić information content (AvgIpc) is 3.94. The second-order valence-corrected chi connectivity index (χ2v) is 14.4. The third-order valence-electron chi connectivity index (χ3n) is 11.2. The van der Waals surface area contributed by atoms with Crippen molar-refractivity contribution in [2.75, 3.05) is 0 Å². The molecule has 0 amide bonds. The Labute approximate surface area is 326 Å². The van der Waals surface area contributed by atoms with Crippen LogP contribution < -0.4 is 0 Å². The number of furan rings is 1. The molecule has 6 nitrogen and oxygen atoms in total. The van der Waals surface area contributed by atoms with E-state index in [0.717, 1.165) is 71.8 Å². The first-order valence-corrected chi connectivity index (χ1v) is 19.1. The van der Waals surface area contributed by atoms with Crippen LogP contribution in [0.5, 0.6) is 0 Å². The average molecular weight is 730 g/mol. The standard InChI is InChI=1S/C51H31N5O/c1-4-14-32(15-5-1)49-52-50(33-16-6-2-7-17-33)54-51(53-49)34-24-26-40-45(30-34)55(35-18-8-3-9-19-35)44-28-27-39-41-31-36(25-29-46(41)57-48(39)47(40)44)56-42-22-12-10-20-37(42)38-21-11-13-23-43(38)56/h1-31H. The molecule has 4 aromatic heterocycles. The van der Waals surface area contributed by atoms with Crippen molar-refractivity contribution < 1.29 is 4.42 Å². The van der Waals surface area contributed by atoms with E-state index in [0.29, 0.717) is 17.5 Å². The highest BCUT2D eigenvalue weighted by molar-refractivity contribution is 6.24. The fraction of sp³-hybridized carbons (Fsp3) is 0. The maximum atomic E-state index is 6.86. The van der Waals surface area contributed by atoms with Gasteiger partial charge in [-0.15, -0.1) is 0 Å². The summed E-state index contributed by atoms with van der Waals surface area (Å²) in [5, 5.41) is 6.79. The largest absolute Gasteiger partial charge is 0.455 e. The summed E-state index contributed by atoms with van der Waals surface area (Å²) >= 11 is 0. The van der Waals surface area contributed by atoms with Crippen LogP contribution in [0.15, 0.2) is 192 Å².